The zero-order chi connectivity index (χ0) is 22.8. The van der Waals surface area contributed by atoms with E-state index in [2.05, 4.69) is 20.8 Å². The molecule has 0 fully saturated rings. The molecule has 7 heteroatoms. The highest BCUT2D eigenvalue weighted by molar-refractivity contribution is 6.32. The van der Waals surface area contributed by atoms with Gasteiger partial charge in [-0.3, -0.25) is 4.79 Å². The molecule has 0 bridgehead atoms. The van der Waals surface area contributed by atoms with Gasteiger partial charge in [-0.05, 0) is 36.5 Å². The number of esters is 1. The normalized spacial score (nSPS) is 15.2. The zero-order valence-electron chi connectivity index (χ0n) is 18.8. The number of rotatable bonds is 7. The summed E-state index contributed by atoms with van der Waals surface area (Å²) in [5.41, 5.74) is 2.25. The second kappa shape index (κ2) is 9.45. The highest BCUT2D eigenvalue weighted by Gasteiger charge is 2.34. The summed E-state index contributed by atoms with van der Waals surface area (Å²) in [5, 5.41) is 0.485. The van der Waals surface area contributed by atoms with Crippen LogP contribution in [0.25, 0.3) is 11.3 Å². The first-order valence-corrected chi connectivity index (χ1v) is 10.9. The molecule has 2 aromatic rings. The number of carbonyl (C=O) groups excluding carboxylic acids is 1. The topological polar surface area (TPSA) is 66.8 Å². The average Bonchev–Trinajstić information content (AvgIpc) is 2.70. The fraction of sp³-hybridized carbons (Fsp3) is 0.500. The van der Waals surface area contributed by atoms with Crippen LogP contribution in [-0.4, -0.2) is 37.5 Å². The first kappa shape index (κ1) is 23.4. The molecule has 1 unspecified atom stereocenters. The molecule has 0 radical (unpaired) electrons. The second-order valence-electron chi connectivity index (χ2n) is 8.78. The molecule has 31 heavy (non-hydrogen) atoms. The number of pyridine rings is 1. The number of carbonyl (C=O) groups is 1. The molecule has 0 spiro atoms. The molecule has 0 saturated carbocycles. The van der Waals surface area contributed by atoms with Crippen molar-refractivity contribution in [1.29, 1.82) is 0 Å². The number of fused-ring (bicyclic) bond motifs is 3. The Bertz CT molecular complexity index is 1020. The van der Waals surface area contributed by atoms with E-state index in [1.165, 1.54) is 6.07 Å². The first-order chi connectivity index (χ1) is 14.7. The Hall–Kier alpha value is -2.31. The highest BCUT2D eigenvalue weighted by atomic mass is 35.5. The molecule has 3 rings (SSSR count). The number of hydrogen-bond donors (Lipinski definition) is 0. The summed E-state index contributed by atoms with van der Waals surface area (Å²) >= 11 is 6.51. The quantitative estimate of drug-likeness (QED) is 0.446. The van der Waals surface area contributed by atoms with E-state index in [4.69, 9.17) is 25.8 Å². The minimum atomic E-state index is -0.598. The molecule has 0 saturated heterocycles. The smallest absolute Gasteiger partial charge is 0.343 e. The Morgan fingerprint density at radius 1 is 1.23 bits per heavy atom. The van der Waals surface area contributed by atoms with Gasteiger partial charge in [0.25, 0.3) is 0 Å². The summed E-state index contributed by atoms with van der Waals surface area (Å²) in [7, 11) is 1.66. The van der Waals surface area contributed by atoms with Gasteiger partial charge in [-0.25, -0.2) is 4.79 Å². The maximum Gasteiger partial charge on any atom is 0.343 e. The van der Waals surface area contributed by atoms with E-state index in [9.17, 15) is 9.59 Å². The number of halogens is 1. The molecule has 0 N–H and O–H groups in total. The lowest BCUT2D eigenvalue weighted by Gasteiger charge is -2.39. The molecular weight excluding hydrogens is 418 g/mol. The molecule has 0 amide bonds. The summed E-state index contributed by atoms with van der Waals surface area (Å²) in [6, 6.07) is 5.36. The summed E-state index contributed by atoms with van der Waals surface area (Å²) < 4.78 is 18.0. The number of aromatic nitrogens is 1. The molecule has 6 nitrogen and oxygen atoms in total. The van der Waals surface area contributed by atoms with Gasteiger partial charge < -0.3 is 18.8 Å². The second-order valence-corrected chi connectivity index (χ2v) is 9.19. The van der Waals surface area contributed by atoms with Gasteiger partial charge in [0.15, 0.2) is 5.43 Å². The van der Waals surface area contributed by atoms with Crippen LogP contribution >= 0.6 is 11.6 Å². The van der Waals surface area contributed by atoms with Crippen molar-refractivity contribution in [3.8, 4) is 17.0 Å². The van der Waals surface area contributed by atoms with Crippen molar-refractivity contribution in [2.75, 3.05) is 26.9 Å². The summed E-state index contributed by atoms with van der Waals surface area (Å²) in [6.45, 7) is 9.50. The van der Waals surface area contributed by atoms with Crippen LogP contribution in [0.15, 0.2) is 29.2 Å². The largest absolute Gasteiger partial charge is 0.492 e. The Morgan fingerprint density at radius 3 is 2.61 bits per heavy atom. The van der Waals surface area contributed by atoms with Crippen LogP contribution in [0, 0.1) is 5.41 Å². The van der Waals surface area contributed by atoms with Gasteiger partial charge in [0.05, 0.1) is 23.9 Å². The van der Waals surface area contributed by atoms with E-state index < -0.39 is 5.97 Å². The first-order valence-electron chi connectivity index (χ1n) is 10.5. The van der Waals surface area contributed by atoms with Gasteiger partial charge >= 0.3 is 5.97 Å². The molecule has 1 aromatic heterocycles. The van der Waals surface area contributed by atoms with Crippen LogP contribution in [0.1, 0.15) is 56.1 Å². The Balaban J connectivity index is 2.09. The minimum Gasteiger partial charge on any atom is -0.492 e. The lowest BCUT2D eigenvalue weighted by molar-refractivity contribution is 0.0523. The van der Waals surface area contributed by atoms with E-state index in [1.54, 1.807) is 20.2 Å². The van der Waals surface area contributed by atoms with Crippen LogP contribution in [0.4, 0.5) is 0 Å². The standard InChI is InChI=1S/C24H30ClNO5/c1-6-30-23(28)17-14-26-19(13-20(17)27)16-12-18(25)21(31-9-7-8-29-5)10-15(16)11-22(26)24(2,3)4/h10,12-14,22H,6-9,11H2,1-5H3. The summed E-state index contributed by atoms with van der Waals surface area (Å²) in [4.78, 5) is 25.1. The Labute approximate surface area is 188 Å². The molecule has 0 aliphatic carbocycles. The third-order valence-corrected chi connectivity index (χ3v) is 5.80. The lowest BCUT2D eigenvalue weighted by Crippen LogP contribution is -2.33. The van der Waals surface area contributed by atoms with Crippen molar-refractivity contribution in [1.82, 2.24) is 4.57 Å². The van der Waals surface area contributed by atoms with Crippen molar-refractivity contribution in [2.45, 2.75) is 46.6 Å². The van der Waals surface area contributed by atoms with Crippen LogP contribution < -0.4 is 10.2 Å². The van der Waals surface area contributed by atoms with E-state index >= 15 is 0 Å². The average molecular weight is 448 g/mol. The van der Waals surface area contributed by atoms with E-state index in [-0.39, 0.29) is 29.1 Å². The zero-order valence-corrected chi connectivity index (χ0v) is 19.5. The highest BCUT2D eigenvalue weighted by Crippen LogP contribution is 2.45. The number of nitrogens with zero attached hydrogens (tertiary/aromatic N) is 1. The Kier molecular flexibility index (Phi) is 7.12. The van der Waals surface area contributed by atoms with Gasteiger partial charge in [-0.15, -0.1) is 0 Å². The monoisotopic (exact) mass is 447 g/mol. The van der Waals surface area contributed by atoms with Crippen molar-refractivity contribution >= 4 is 17.6 Å². The Morgan fingerprint density at radius 2 is 1.97 bits per heavy atom. The molecular formula is C24H30ClNO5. The van der Waals surface area contributed by atoms with Crippen molar-refractivity contribution in [3.05, 3.63) is 50.8 Å². The molecule has 1 aromatic carbocycles. The van der Waals surface area contributed by atoms with E-state index in [0.29, 0.717) is 24.0 Å². The van der Waals surface area contributed by atoms with Crippen LogP contribution in [0.2, 0.25) is 5.02 Å². The predicted molar refractivity (Wildman–Crippen MR) is 121 cm³/mol. The fourth-order valence-electron chi connectivity index (χ4n) is 3.91. The van der Waals surface area contributed by atoms with Crippen LogP contribution in [0.3, 0.4) is 0 Å². The van der Waals surface area contributed by atoms with E-state index in [1.807, 2.05) is 16.7 Å². The lowest BCUT2D eigenvalue weighted by atomic mass is 9.79. The van der Waals surface area contributed by atoms with Gasteiger partial charge in [0, 0.05) is 44.0 Å². The van der Waals surface area contributed by atoms with Gasteiger partial charge in [0.1, 0.15) is 11.3 Å². The predicted octanol–water partition coefficient (Wildman–Crippen LogP) is 4.90. The number of hydrogen-bond acceptors (Lipinski definition) is 5. The van der Waals surface area contributed by atoms with Crippen molar-refractivity contribution < 1.29 is 19.0 Å². The minimum absolute atomic E-state index is 0.0336. The summed E-state index contributed by atoms with van der Waals surface area (Å²) in [6.07, 6.45) is 3.13. The van der Waals surface area contributed by atoms with Gasteiger partial charge in [0.2, 0.25) is 0 Å². The summed E-state index contributed by atoms with van der Waals surface area (Å²) in [5.74, 6) is 0.0298. The SMILES string of the molecule is CCOC(=O)c1cn2c(cc1=O)-c1cc(Cl)c(OCCCOC)cc1CC2C(C)(C)C. The van der Waals surface area contributed by atoms with E-state index in [0.717, 1.165) is 29.7 Å². The maximum absolute atomic E-state index is 12.7. The molecule has 1 atom stereocenters. The number of benzene rings is 1. The third-order valence-electron chi connectivity index (χ3n) is 5.51. The maximum atomic E-state index is 12.7. The molecule has 2 heterocycles. The molecule has 1 aliphatic rings. The van der Waals surface area contributed by atoms with Crippen LogP contribution in [-0.2, 0) is 15.9 Å². The number of methoxy groups -OCH3 is 1. The van der Waals surface area contributed by atoms with Crippen LogP contribution in [0.5, 0.6) is 5.75 Å². The third kappa shape index (κ3) is 4.96. The van der Waals surface area contributed by atoms with Crippen molar-refractivity contribution in [3.63, 3.8) is 0 Å². The van der Waals surface area contributed by atoms with Gasteiger partial charge in [-0.1, -0.05) is 32.4 Å². The van der Waals surface area contributed by atoms with Crippen molar-refractivity contribution in [2.24, 2.45) is 5.41 Å². The molecule has 168 valence electrons. The number of ether oxygens (including phenoxy) is 3. The molecule has 1 aliphatic heterocycles. The van der Waals surface area contributed by atoms with Gasteiger partial charge in [-0.2, -0.15) is 0 Å². The fourth-order valence-corrected chi connectivity index (χ4v) is 4.13.